The third-order valence-corrected chi connectivity index (χ3v) is 2.00. The van der Waals surface area contributed by atoms with Crippen molar-refractivity contribution in [2.75, 3.05) is 0 Å². The van der Waals surface area contributed by atoms with Crippen molar-refractivity contribution in [1.82, 2.24) is 0 Å². The summed E-state index contributed by atoms with van der Waals surface area (Å²) in [6.07, 6.45) is 0. The number of aryl methyl sites for hydroxylation is 1. The van der Waals surface area contributed by atoms with Crippen LogP contribution in [0.5, 0.6) is 0 Å². The molecule has 0 saturated carbocycles. The molecule has 0 aliphatic carbocycles. The monoisotopic (exact) mass is 122 g/mol. The van der Waals surface area contributed by atoms with Gasteiger partial charge in [0.05, 0.1) is 0 Å². The first-order chi connectivity index (χ1) is 3.72. The minimum atomic E-state index is 0.701. The smallest absolute Gasteiger partial charge is 0.00524 e. The Hall–Kier alpha value is -0.300. The van der Waals surface area contributed by atoms with Gasteiger partial charge in [-0.2, -0.15) is 0 Å². The van der Waals surface area contributed by atoms with Crippen molar-refractivity contribution in [3.05, 3.63) is 35.2 Å². The highest BCUT2D eigenvalue weighted by molar-refractivity contribution is 7.10. The average Bonchev–Trinajstić information content (AvgIpc) is 1.98. The third kappa shape index (κ3) is 0.781. The van der Waals surface area contributed by atoms with Crippen molar-refractivity contribution in [3.8, 4) is 0 Å². The molecule has 1 aromatic rings. The van der Waals surface area contributed by atoms with E-state index in [9.17, 15) is 0 Å². The molecule has 8 heavy (non-hydrogen) atoms. The van der Waals surface area contributed by atoms with Crippen LogP contribution in [-0.4, -0.2) is 0 Å². The lowest BCUT2D eigenvalue weighted by atomic mass is 10.2. The van der Waals surface area contributed by atoms with E-state index in [-0.39, 0.29) is 0 Å². The van der Waals surface area contributed by atoms with E-state index in [1.807, 2.05) is 12.3 Å². The van der Waals surface area contributed by atoms with Crippen LogP contribution in [0.15, 0.2) is 5.38 Å². The topological polar surface area (TPSA) is 0 Å². The average molecular weight is 122 g/mol. The van der Waals surface area contributed by atoms with E-state index in [4.69, 9.17) is 13.8 Å². The Morgan fingerprint density at radius 1 is 1.50 bits per heavy atom. The van der Waals surface area contributed by atoms with Crippen molar-refractivity contribution >= 4 is 11.3 Å². The van der Waals surface area contributed by atoms with Crippen LogP contribution in [-0.2, 0) is 0 Å². The van der Waals surface area contributed by atoms with Crippen LogP contribution in [0.1, 0.15) is 16.0 Å². The zero-order chi connectivity index (χ0) is 6.15. The molecule has 1 rings (SSSR count). The Morgan fingerprint density at radius 2 is 2.12 bits per heavy atom. The lowest BCUT2D eigenvalue weighted by molar-refractivity contribution is 1.52. The van der Waals surface area contributed by atoms with Gasteiger partial charge >= 0.3 is 0 Å². The van der Waals surface area contributed by atoms with Crippen molar-refractivity contribution in [2.45, 2.75) is 6.92 Å². The molecule has 0 N–H and O–H groups in total. The van der Waals surface area contributed by atoms with Crippen LogP contribution in [0.2, 0.25) is 0 Å². The lowest BCUT2D eigenvalue weighted by Gasteiger charge is -1.85. The van der Waals surface area contributed by atoms with E-state index < -0.39 is 0 Å². The van der Waals surface area contributed by atoms with E-state index in [0.29, 0.717) is 5.56 Å². The van der Waals surface area contributed by atoms with Gasteiger partial charge < -0.3 is 0 Å². The molecule has 0 saturated heterocycles. The molecule has 0 unspecified atom stereocenters. The third-order valence-electron chi connectivity index (χ3n) is 1.05. The second-order valence-electron chi connectivity index (χ2n) is 1.66. The Labute approximate surface area is 54.2 Å². The fourth-order valence-electron chi connectivity index (χ4n) is 0.482. The number of hydrogen-bond donors (Lipinski definition) is 0. The fraction of sp³-hybridized carbons (Fsp3) is 0.143. The Balaban J connectivity index is 3.19. The maximum Gasteiger partial charge on any atom is 0.00524 e. The van der Waals surface area contributed by atoms with E-state index in [2.05, 4.69) is 0 Å². The first kappa shape index (κ1) is 5.83. The molecule has 0 spiro atoms. The van der Waals surface area contributed by atoms with E-state index in [1.165, 1.54) is 0 Å². The molecule has 0 atom stereocenters. The fourth-order valence-corrected chi connectivity index (χ4v) is 1.16. The highest BCUT2D eigenvalue weighted by Gasteiger charge is 1.96. The molecule has 0 amide bonds. The Bertz CT molecular complexity index is 167. The van der Waals surface area contributed by atoms with Crippen molar-refractivity contribution in [3.63, 3.8) is 0 Å². The Morgan fingerprint density at radius 3 is 2.25 bits per heavy atom. The standard InChI is InChI=1S/C7H6S/c1-5-4-8-7(3)6(5)2/h1-2,4H,3H3. The van der Waals surface area contributed by atoms with E-state index >= 15 is 0 Å². The molecule has 0 fully saturated rings. The van der Waals surface area contributed by atoms with Gasteiger partial charge in [-0.1, -0.05) is 0 Å². The van der Waals surface area contributed by atoms with Crippen LogP contribution >= 0.6 is 11.3 Å². The van der Waals surface area contributed by atoms with Crippen molar-refractivity contribution in [1.29, 1.82) is 0 Å². The highest BCUT2D eigenvalue weighted by Crippen LogP contribution is 2.18. The molecular weight excluding hydrogens is 116 g/mol. The second kappa shape index (κ2) is 1.90. The molecule has 1 aromatic heterocycles. The van der Waals surface area contributed by atoms with Crippen molar-refractivity contribution in [2.24, 2.45) is 0 Å². The molecule has 0 aliphatic rings. The summed E-state index contributed by atoms with van der Waals surface area (Å²) < 4.78 is 0. The van der Waals surface area contributed by atoms with Gasteiger partial charge in [0.15, 0.2) is 0 Å². The quantitative estimate of drug-likeness (QED) is 0.494. The van der Waals surface area contributed by atoms with E-state index in [0.717, 1.165) is 10.4 Å². The largest absolute Gasteiger partial charge is 0.149 e. The van der Waals surface area contributed by atoms with Crippen molar-refractivity contribution < 1.29 is 0 Å². The molecule has 40 valence electrons. The predicted octanol–water partition coefficient (Wildman–Crippen LogP) is 2.17. The highest BCUT2D eigenvalue weighted by atomic mass is 32.1. The summed E-state index contributed by atoms with van der Waals surface area (Å²) in [5.41, 5.74) is 1.43. The summed E-state index contributed by atoms with van der Waals surface area (Å²) in [4.78, 5) is 1.10. The predicted molar refractivity (Wildman–Crippen MR) is 35.9 cm³/mol. The Kier molecular flexibility index (Phi) is 1.39. The van der Waals surface area contributed by atoms with Crippen LogP contribution in [0, 0.1) is 20.8 Å². The molecule has 0 nitrogen and oxygen atoms in total. The number of rotatable bonds is 0. The van der Waals surface area contributed by atoms with Gasteiger partial charge in [0, 0.05) is 11.8 Å². The summed E-state index contributed by atoms with van der Waals surface area (Å²) in [5, 5.41) is 1.85. The summed E-state index contributed by atoms with van der Waals surface area (Å²) in [6.45, 7) is 12.9. The first-order valence-electron chi connectivity index (χ1n) is 2.31. The summed E-state index contributed by atoms with van der Waals surface area (Å²) in [7, 11) is 0. The summed E-state index contributed by atoms with van der Waals surface area (Å²) >= 11 is 1.58. The maximum absolute atomic E-state index is 5.49. The number of thiophene rings is 1. The molecule has 0 aromatic carbocycles. The van der Waals surface area contributed by atoms with Crippen LogP contribution < -0.4 is 0 Å². The number of hydrogen-bond acceptors (Lipinski definition) is 1. The van der Waals surface area contributed by atoms with Gasteiger partial charge in [-0.25, -0.2) is 0 Å². The zero-order valence-corrected chi connectivity index (χ0v) is 5.46. The van der Waals surface area contributed by atoms with Crippen LogP contribution in [0.25, 0.3) is 0 Å². The minimum Gasteiger partial charge on any atom is -0.149 e. The van der Waals surface area contributed by atoms with Gasteiger partial charge in [0.1, 0.15) is 0 Å². The van der Waals surface area contributed by atoms with Gasteiger partial charge in [-0.15, -0.1) is 11.3 Å². The molecule has 0 bridgehead atoms. The normalized spacial score (nSPS) is 9.88. The minimum absolute atomic E-state index is 0.701. The SMILES string of the molecule is [CH]c1csc(C)c1[CH]. The zero-order valence-electron chi connectivity index (χ0n) is 4.64. The van der Waals surface area contributed by atoms with Gasteiger partial charge in [0.2, 0.25) is 0 Å². The molecule has 0 aliphatic heterocycles. The van der Waals surface area contributed by atoms with Gasteiger partial charge in [-0.05, 0) is 30.4 Å². The molecule has 4 radical (unpaired) electrons. The summed E-state index contributed by atoms with van der Waals surface area (Å²) in [6, 6.07) is 0. The molecule has 1 heteroatoms. The maximum atomic E-state index is 5.49. The lowest BCUT2D eigenvalue weighted by Crippen LogP contribution is -1.70. The van der Waals surface area contributed by atoms with Gasteiger partial charge in [-0.3, -0.25) is 0 Å². The summed E-state index contributed by atoms with van der Waals surface area (Å²) in [5.74, 6) is 0. The molecule has 1 heterocycles. The van der Waals surface area contributed by atoms with Crippen LogP contribution in [0.3, 0.4) is 0 Å². The van der Waals surface area contributed by atoms with E-state index in [1.54, 1.807) is 11.3 Å². The first-order valence-corrected chi connectivity index (χ1v) is 3.19. The second-order valence-corrected chi connectivity index (χ2v) is 2.74. The molecular formula is C7H6S. The van der Waals surface area contributed by atoms with Crippen LogP contribution in [0.4, 0.5) is 0 Å². The van der Waals surface area contributed by atoms with Gasteiger partial charge in [0.25, 0.3) is 0 Å².